The second kappa shape index (κ2) is 15.8. The van der Waals surface area contributed by atoms with Crippen LogP contribution in [-0.2, 0) is 20.7 Å². The van der Waals surface area contributed by atoms with Gasteiger partial charge in [-0.1, -0.05) is 79.3 Å². The number of likely N-dealkylation sites (N-methyl/N-ethyl adjacent to an activating group) is 1. The molecule has 3 N–H and O–H groups in total. The number of methoxy groups -OCH3 is 1. The number of hydrogen-bond donors (Lipinski definition) is 3. The number of Topliss-reactive ketones (excluding diaryl/α,β-unsaturated/α-hetero) is 1. The van der Waals surface area contributed by atoms with Gasteiger partial charge in [-0.3, -0.25) is 9.59 Å². The predicted octanol–water partition coefficient (Wildman–Crippen LogP) is 6.64. The molecular formula is C41H48N4O6. The number of hydrogen-bond acceptors (Lipinski definition) is 7. The highest BCUT2D eigenvalue weighted by molar-refractivity contribution is 6.16. The lowest BCUT2D eigenvalue weighted by atomic mass is 9.63. The minimum Gasteiger partial charge on any atom is -0.468 e. The summed E-state index contributed by atoms with van der Waals surface area (Å²) in [7, 11) is 5.31. The van der Waals surface area contributed by atoms with Crippen LogP contribution in [0.2, 0.25) is 0 Å². The summed E-state index contributed by atoms with van der Waals surface area (Å²) in [5.74, 6) is 5.07. The highest BCUT2D eigenvalue weighted by Gasteiger charge is 2.57. The van der Waals surface area contributed by atoms with E-state index in [-0.39, 0.29) is 24.5 Å². The van der Waals surface area contributed by atoms with Gasteiger partial charge in [-0.05, 0) is 89.9 Å². The van der Waals surface area contributed by atoms with Gasteiger partial charge in [0, 0.05) is 28.8 Å². The number of ether oxygens (including phenoxy) is 2. The van der Waals surface area contributed by atoms with Crippen LogP contribution in [0.25, 0.3) is 0 Å². The van der Waals surface area contributed by atoms with Gasteiger partial charge in [0.25, 0.3) is 0 Å². The molecule has 0 bridgehead atoms. The Bertz CT molecular complexity index is 1820. The molecule has 0 aromatic heterocycles. The van der Waals surface area contributed by atoms with Crippen LogP contribution in [0.5, 0.6) is 0 Å². The lowest BCUT2D eigenvalue weighted by molar-refractivity contribution is -0.152. The molecule has 2 aliphatic rings. The molecule has 3 aromatic carbocycles. The van der Waals surface area contributed by atoms with Gasteiger partial charge in [0.2, 0.25) is 0 Å². The first-order valence-electron chi connectivity index (χ1n) is 17.5. The van der Waals surface area contributed by atoms with Gasteiger partial charge in [0.1, 0.15) is 5.60 Å². The number of anilines is 1. The van der Waals surface area contributed by atoms with Gasteiger partial charge >= 0.3 is 18.1 Å². The van der Waals surface area contributed by atoms with E-state index in [9.17, 15) is 19.2 Å². The number of fused-ring (bicyclic) bond motifs is 1. The molecule has 0 radical (unpaired) electrons. The number of para-hydroxylation sites is 1. The average molecular weight is 693 g/mol. The number of carbonyl (C=O) groups is 4. The smallest absolute Gasteiger partial charge is 0.408 e. The quantitative estimate of drug-likeness (QED) is 0.144. The second-order valence-corrected chi connectivity index (χ2v) is 14.4. The van der Waals surface area contributed by atoms with E-state index >= 15 is 0 Å². The molecule has 0 spiro atoms. The highest BCUT2D eigenvalue weighted by Crippen LogP contribution is 2.47. The van der Waals surface area contributed by atoms with Crippen LogP contribution in [0.4, 0.5) is 15.3 Å². The number of rotatable bonds is 7. The summed E-state index contributed by atoms with van der Waals surface area (Å²) in [4.78, 5) is 57.4. The molecular weight excluding hydrogens is 644 g/mol. The van der Waals surface area contributed by atoms with Crippen LogP contribution in [0, 0.1) is 17.3 Å². The third kappa shape index (κ3) is 8.43. The van der Waals surface area contributed by atoms with Gasteiger partial charge in [0.05, 0.1) is 18.8 Å². The molecule has 0 heterocycles. The summed E-state index contributed by atoms with van der Waals surface area (Å²) in [6.45, 7) is 5.22. The van der Waals surface area contributed by atoms with E-state index in [0.717, 1.165) is 31.2 Å². The first kappa shape index (κ1) is 37.1. The highest BCUT2D eigenvalue weighted by atomic mass is 16.6. The SMILES string of the molecule is COC(=O)C1(C(NC(=O)OC(C)(C)C)c2ccccc2)CCc2cccc(C#Cc3ccccc3NC(=O)N[C@@H]3CCCC[C@H]3N(C)C)c2C1=O. The van der Waals surface area contributed by atoms with Crippen LogP contribution < -0.4 is 16.0 Å². The summed E-state index contributed by atoms with van der Waals surface area (Å²) in [6, 6.07) is 20.5. The number of carbonyl (C=O) groups excluding carboxylic acids is 4. The van der Waals surface area contributed by atoms with Crippen molar-refractivity contribution in [1.29, 1.82) is 0 Å². The Labute approximate surface area is 300 Å². The van der Waals surface area contributed by atoms with Crippen LogP contribution in [0.1, 0.15) is 91.5 Å². The lowest BCUT2D eigenvalue weighted by Gasteiger charge is -2.41. The first-order chi connectivity index (χ1) is 24.3. The number of alkyl carbamates (subject to hydrolysis) is 1. The Kier molecular flexibility index (Phi) is 11.5. The van der Waals surface area contributed by atoms with E-state index in [2.05, 4.69) is 32.7 Å². The maximum atomic E-state index is 14.9. The maximum Gasteiger partial charge on any atom is 0.408 e. The van der Waals surface area contributed by atoms with Crippen molar-refractivity contribution in [3.8, 4) is 11.8 Å². The zero-order valence-electron chi connectivity index (χ0n) is 30.3. The summed E-state index contributed by atoms with van der Waals surface area (Å²) in [5, 5.41) is 8.98. The van der Waals surface area contributed by atoms with E-state index in [1.165, 1.54) is 7.11 Å². The Morgan fingerprint density at radius 2 is 1.57 bits per heavy atom. The molecule has 4 atom stereocenters. The van der Waals surface area contributed by atoms with Crippen molar-refractivity contribution in [2.75, 3.05) is 26.5 Å². The Morgan fingerprint density at radius 3 is 2.27 bits per heavy atom. The van der Waals surface area contributed by atoms with Crippen molar-refractivity contribution in [2.45, 2.75) is 83.0 Å². The average Bonchev–Trinajstić information content (AvgIpc) is 3.10. The van der Waals surface area contributed by atoms with E-state index in [1.807, 2.05) is 44.4 Å². The summed E-state index contributed by atoms with van der Waals surface area (Å²) in [5.41, 5.74) is 0.486. The Balaban J connectivity index is 1.50. The number of aryl methyl sites for hydroxylation is 1. The van der Waals surface area contributed by atoms with Crippen molar-refractivity contribution in [2.24, 2.45) is 5.41 Å². The fourth-order valence-electron chi connectivity index (χ4n) is 7.24. The summed E-state index contributed by atoms with van der Waals surface area (Å²) >= 11 is 0. The summed E-state index contributed by atoms with van der Waals surface area (Å²) < 4.78 is 10.9. The molecule has 10 nitrogen and oxygen atoms in total. The molecule has 10 heteroatoms. The number of amides is 3. The largest absolute Gasteiger partial charge is 0.468 e. The van der Waals surface area contributed by atoms with Crippen molar-refractivity contribution in [3.63, 3.8) is 0 Å². The van der Waals surface area contributed by atoms with E-state index in [1.54, 1.807) is 63.2 Å². The Hall–Kier alpha value is -5.14. The second-order valence-electron chi connectivity index (χ2n) is 14.4. The van der Waals surface area contributed by atoms with Crippen molar-refractivity contribution in [3.05, 3.63) is 101 Å². The van der Waals surface area contributed by atoms with Gasteiger partial charge < -0.3 is 30.3 Å². The third-order valence-electron chi connectivity index (χ3n) is 9.62. The van der Waals surface area contributed by atoms with Gasteiger partial charge in [0.15, 0.2) is 11.2 Å². The molecule has 1 fully saturated rings. The molecule has 3 amide bonds. The lowest BCUT2D eigenvalue weighted by Crippen LogP contribution is -2.54. The third-order valence-corrected chi connectivity index (χ3v) is 9.62. The first-order valence-corrected chi connectivity index (χ1v) is 17.5. The number of nitrogens with one attached hydrogen (secondary N) is 3. The molecule has 5 rings (SSSR count). The van der Waals surface area contributed by atoms with Crippen LogP contribution in [-0.4, -0.2) is 67.7 Å². The minimum atomic E-state index is -1.81. The molecule has 268 valence electrons. The van der Waals surface area contributed by atoms with Gasteiger partial charge in [-0.15, -0.1) is 0 Å². The monoisotopic (exact) mass is 692 g/mol. The minimum absolute atomic E-state index is 0.0356. The van der Waals surface area contributed by atoms with Crippen molar-refractivity contribution >= 4 is 29.6 Å². The molecule has 0 aliphatic heterocycles. The normalized spacial score (nSPS) is 20.6. The molecule has 2 aliphatic carbocycles. The number of urea groups is 1. The fourth-order valence-corrected chi connectivity index (χ4v) is 7.24. The van der Waals surface area contributed by atoms with Crippen molar-refractivity contribution in [1.82, 2.24) is 15.5 Å². The van der Waals surface area contributed by atoms with Crippen LogP contribution >= 0.6 is 0 Å². The van der Waals surface area contributed by atoms with Gasteiger partial charge in [-0.25, -0.2) is 9.59 Å². The number of benzene rings is 3. The fraction of sp³-hybridized carbons (Fsp3) is 0.415. The molecule has 3 aromatic rings. The number of esters is 1. The molecule has 2 unspecified atom stereocenters. The molecule has 51 heavy (non-hydrogen) atoms. The van der Waals surface area contributed by atoms with E-state index in [4.69, 9.17) is 9.47 Å². The molecule has 0 saturated heterocycles. The van der Waals surface area contributed by atoms with Crippen molar-refractivity contribution < 1.29 is 28.7 Å². The van der Waals surface area contributed by atoms with Gasteiger partial charge in [-0.2, -0.15) is 0 Å². The Morgan fingerprint density at radius 1 is 0.902 bits per heavy atom. The summed E-state index contributed by atoms with van der Waals surface area (Å²) in [6.07, 6.45) is 3.84. The number of nitrogens with zero attached hydrogens (tertiary/aromatic N) is 1. The standard InChI is InChI=1S/C41H48N4O6/c1-40(2,3)51-39(49)44-35(30-16-8-7-9-17-30)41(37(47)50-6)26-25-29-19-14-18-28(34(29)36(41)46)24-23-27-15-10-11-20-31(27)42-38(48)43-32-21-12-13-22-33(32)45(4)5/h7-11,14-20,32-33,35H,12-13,21-22,25-26H2,1-6H3,(H,44,49)(H2,42,43,48)/t32-,33-,35?,41?/m1/s1. The number of ketones is 1. The van der Waals surface area contributed by atoms with Crippen LogP contribution in [0.15, 0.2) is 72.8 Å². The topological polar surface area (TPSA) is 126 Å². The van der Waals surface area contributed by atoms with E-state index < -0.39 is 34.9 Å². The van der Waals surface area contributed by atoms with E-state index in [0.29, 0.717) is 34.4 Å². The zero-order valence-corrected chi connectivity index (χ0v) is 30.3. The molecule has 1 saturated carbocycles. The predicted molar refractivity (Wildman–Crippen MR) is 196 cm³/mol. The van der Waals surface area contributed by atoms with Crippen LogP contribution in [0.3, 0.4) is 0 Å². The zero-order chi connectivity index (χ0) is 36.8. The maximum absolute atomic E-state index is 14.9.